The summed E-state index contributed by atoms with van der Waals surface area (Å²) in [5.41, 5.74) is 1.20. The van der Waals surface area contributed by atoms with Gasteiger partial charge in [-0.25, -0.2) is 15.0 Å². The highest BCUT2D eigenvalue weighted by molar-refractivity contribution is 5.82. The van der Waals surface area contributed by atoms with Gasteiger partial charge in [0.2, 0.25) is 0 Å². The van der Waals surface area contributed by atoms with Gasteiger partial charge in [-0.2, -0.15) is 0 Å². The highest BCUT2D eigenvalue weighted by Gasteiger charge is 2.25. The van der Waals surface area contributed by atoms with Gasteiger partial charge in [-0.1, -0.05) is 5.21 Å². The van der Waals surface area contributed by atoms with Crippen LogP contribution in [-0.2, 0) is 12.1 Å². The molecule has 0 bridgehead atoms. The maximum atomic E-state index is 10.0. The van der Waals surface area contributed by atoms with Crippen LogP contribution in [0.2, 0.25) is 0 Å². The van der Waals surface area contributed by atoms with Gasteiger partial charge in [0.1, 0.15) is 23.1 Å². The lowest BCUT2D eigenvalue weighted by Crippen LogP contribution is -2.37. The predicted molar refractivity (Wildman–Crippen MR) is 91.9 cm³/mol. The number of aliphatic hydroxyl groups is 1. The molecule has 25 heavy (non-hydrogen) atoms. The van der Waals surface area contributed by atoms with Crippen LogP contribution in [0.3, 0.4) is 0 Å². The first-order valence-electron chi connectivity index (χ1n) is 8.53. The Balaban J connectivity index is 1.50. The molecular weight excluding hydrogens is 320 g/mol. The second-order valence-electron chi connectivity index (χ2n) is 7.14. The molecule has 132 valence electrons. The van der Waals surface area contributed by atoms with Crippen LogP contribution in [-0.4, -0.2) is 53.1 Å². The van der Waals surface area contributed by atoms with Crippen LogP contribution < -0.4 is 4.90 Å². The van der Waals surface area contributed by atoms with Crippen molar-refractivity contribution in [2.45, 2.75) is 38.8 Å². The van der Waals surface area contributed by atoms with Crippen LogP contribution in [0.1, 0.15) is 32.4 Å². The average Bonchev–Trinajstić information content (AvgIpc) is 3.23. The van der Waals surface area contributed by atoms with Crippen LogP contribution in [0.5, 0.6) is 0 Å². The van der Waals surface area contributed by atoms with Gasteiger partial charge < -0.3 is 15.0 Å². The molecule has 4 heterocycles. The largest absolute Gasteiger partial charge is 0.384 e. The number of H-pyrrole nitrogens is 1. The number of nitrogens with one attached hydrogen (secondary N) is 1. The Morgan fingerprint density at radius 1 is 1.32 bits per heavy atom. The van der Waals surface area contributed by atoms with Gasteiger partial charge in [0.05, 0.1) is 12.5 Å². The van der Waals surface area contributed by atoms with Crippen molar-refractivity contribution in [2.75, 3.05) is 18.0 Å². The third-order valence-corrected chi connectivity index (χ3v) is 4.63. The van der Waals surface area contributed by atoms with Crippen molar-refractivity contribution >= 4 is 17.0 Å². The fourth-order valence-electron chi connectivity index (χ4n) is 3.33. The number of fused-ring (bicyclic) bond motifs is 1. The van der Waals surface area contributed by atoms with Gasteiger partial charge in [0.15, 0.2) is 11.5 Å². The molecule has 0 spiro atoms. The minimum atomic E-state index is -0.968. The lowest BCUT2D eigenvalue weighted by molar-refractivity contribution is 0.0737. The summed E-state index contributed by atoms with van der Waals surface area (Å²) in [4.78, 5) is 18.3. The van der Waals surface area contributed by atoms with E-state index in [2.05, 4.69) is 35.1 Å². The Labute approximate surface area is 145 Å². The molecule has 1 fully saturated rings. The molecule has 1 unspecified atom stereocenters. The van der Waals surface area contributed by atoms with Crippen molar-refractivity contribution in [1.82, 2.24) is 34.9 Å². The molecule has 9 nitrogen and oxygen atoms in total. The highest BCUT2D eigenvalue weighted by Crippen LogP contribution is 2.26. The Morgan fingerprint density at radius 3 is 3.00 bits per heavy atom. The van der Waals surface area contributed by atoms with Gasteiger partial charge >= 0.3 is 0 Å². The number of imidazole rings is 1. The van der Waals surface area contributed by atoms with Crippen molar-refractivity contribution < 1.29 is 5.11 Å². The van der Waals surface area contributed by atoms with E-state index in [0.29, 0.717) is 17.3 Å². The maximum Gasteiger partial charge on any atom is 0.182 e. The minimum absolute atomic E-state index is 0.443. The van der Waals surface area contributed by atoms with E-state index in [0.717, 1.165) is 43.8 Å². The Bertz CT molecular complexity index is 864. The number of aromatic amines is 1. The van der Waals surface area contributed by atoms with Gasteiger partial charge in [0.25, 0.3) is 0 Å². The zero-order valence-electron chi connectivity index (χ0n) is 14.4. The Hall–Kier alpha value is -2.55. The molecule has 3 aromatic heterocycles. The first kappa shape index (κ1) is 15.9. The molecule has 0 aliphatic carbocycles. The topological polar surface area (TPSA) is 109 Å². The SMILES string of the molecule is CC(C)(O)c1cn(CC2CCCN(c3ncnc4nc[nH]c34)C2)nn1. The van der Waals surface area contributed by atoms with Crippen molar-refractivity contribution in [1.29, 1.82) is 0 Å². The molecule has 0 radical (unpaired) electrons. The molecular formula is C16H22N8O. The lowest BCUT2D eigenvalue weighted by Gasteiger charge is -2.33. The van der Waals surface area contributed by atoms with E-state index in [1.54, 1.807) is 26.5 Å². The van der Waals surface area contributed by atoms with E-state index in [1.165, 1.54) is 0 Å². The van der Waals surface area contributed by atoms with Gasteiger partial charge in [-0.05, 0) is 32.6 Å². The maximum absolute atomic E-state index is 10.0. The second-order valence-corrected chi connectivity index (χ2v) is 7.14. The summed E-state index contributed by atoms with van der Waals surface area (Å²) in [6, 6.07) is 0. The summed E-state index contributed by atoms with van der Waals surface area (Å²) in [6.45, 7) is 6.07. The molecule has 9 heteroatoms. The number of nitrogens with zero attached hydrogens (tertiary/aromatic N) is 7. The molecule has 1 saturated heterocycles. The molecule has 1 aliphatic heterocycles. The summed E-state index contributed by atoms with van der Waals surface area (Å²) in [7, 11) is 0. The quantitative estimate of drug-likeness (QED) is 0.730. The molecule has 2 N–H and O–H groups in total. The number of aromatic nitrogens is 7. The van der Waals surface area contributed by atoms with Crippen LogP contribution in [0.4, 0.5) is 5.82 Å². The predicted octanol–water partition coefficient (Wildman–Crippen LogP) is 1.09. The van der Waals surface area contributed by atoms with Crippen molar-refractivity contribution in [3.8, 4) is 0 Å². The number of hydrogen-bond acceptors (Lipinski definition) is 7. The second kappa shape index (κ2) is 6.07. The van der Waals surface area contributed by atoms with E-state index in [9.17, 15) is 5.11 Å². The van der Waals surface area contributed by atoms with E-state index in [1.807, 2.05) is 10.9 Å². The van der Waals surface area contributed by atoms with E-state index >= 15 is 0 Å². The minimum Gasteiger partial charge on any atom is -0.384 e. The fraction of sp³-hybridized carbons (Fsp3) is 0.562. The van der Waals surface area contributed by atoms with E-state index in [-0.39, 0.29) is 0 Å². The average molecular weight is 342 g/mol. The van der Waals surface area contributed by atoms with Crippen LogP contribution in [0.25, 0.3) is 11.2 Å². The molecule has 4 rings (SSSR count). The van der Waals surface area contributed by atoms with Crippen molar-refractivity contribution in [3.05, 3.63) is 24.5 Å². The fourth-order valence-corrected chi connectivity index (χ4v) is 3.33. The highest BCUT2D eigenvalue weighted by atomic mass is 16.3. The van der Waals surface area contributed by atoms with Gasteiger partial charge in [-0.15, -0.1) is 5.10 Å². The molecule has 0 saturated carbocycles. The zero-order valence-corrected chi connectivity index (χ0v) is 14.4. The first-order chi connectivity index (χ1) is 12.0. The summed E-state index contributed by atoms with van der Waals surface area (Å²) in [5, 5.41) is 18.3. The van der Waals surface area contributed by atoms with Gasteiger partial charge in [-0.3, -0.25) is 4.68 Å². The monoisotopic (exact) mass is 342 g/mol. The lowest BCUT2D eigenvalue weighted by atomic mass is 9.98. The van der Waals surface area contributed by atoms with Crippen molar-refractivity contribution in [3.63, 3.8) is 0 Å². The van der Waals surface area contributed by atoms with Crippen LogP contribution in [0, 0.1) is 5.92 Å². The number of rotatable bonds is 4. The number of piperidine rings is 1. The van der Waals surface area contributed by atoms with Gasteiger partial charge in [0, 0.05) is 19.6 Å². The van der Waals surface area contributed by atoms with Crippen LogP contribution >= 0.6 is 0 Å². The standard InChI is InChI=1S/C16H22N8O/c1-16(2,25)12-8-24(22-21-12)7-11-4-3-5-23(6-11)15-13-14(18-9-17-13)19-10-20-15/h8-11,25H,3-7H2,1-2H3,(H,17,18,19,20). The number of anilines is 1. The Kier molecular flexibility index (Phi) is 3.87. The molecule has 1 aliphatic rings. The first-order valence-corrected chi connectivity index (χ1v) is 8.53. The van der Waals surface area contributed by atoms with Crippen molar-refractivity contribution in [2.24, 2.45) is 5.92 Å². The summed E-state index contributed by atoms with van der Waals surface area (Å²) >= 11 is 0. The van der Waals surface area contributed by atoms with E-state index < -0.39 is 5.60 Å². The summed E-state index contributed by atoms with van der Waals surface area (Å²) in [5.74, 6) is 1.35. The number of hydrogen-bond donors (Lipinski definition) is 2. The van der Waals surface area contributed by atoms with E-state index in [4.69, 9.17) is 0 Å². The normalized spacial score (nSPS) is 18.8. The zero-order chi connectivity index (χ0) is 17.4. The third kappa shape index (κ3) is 3.19. The Morgan fingerprint density at radius 2 is 2.20 bits per heavy atom. The third-order valence-electron chi connectivity index (χ3n) is 4.63. The smallest absolute Gasteiger partial charge is 0.182 e. The summed E-state index contributed by atoms with van der Waals surface area (Å²) in [6.07, 6.45) is 7.27. The molecule has 0 amide bonds. The molecule has 0 aromatic carbocycles. The summed E-state index contributed by atoms with van der Waals surface area (Å²) < 4.78 is 1.83. The molecule has 1 atom stereocenters. The molecule has 3 aromatic rings. The van der Waals surface area contributed by atoms with Crippen LogP contribution in [0.15, 0.2) is 18.9 Å².